The standard InChI is InChI=1S/C10H6BrClF3N3/c11-10-17-8(9(14)15)4-18(10)3-7-6(13)1-5(12)2-16-7/h1-2,4,9H,3H2. The van der Waals surface area contributed by atoms with Gasteiger partial charge in [-0.15, -0.1) is 0 Å². The Bertz CT molecular complexity index is 573. The maximum absolute atomic E-state index is 13.5. The number of hydrogen-bond donors (Lipinski definition) is 0. The molecule has 2 heterocycles. The third-order valence-electron chi connectivity index (χ3n) is 2.17. The fourth-order valence-corrected chi connectivity index (χ4v) is 1.93. The minimum Gasteiger partial charge on any atom is -0.319 e. The van der Waals surface area contributed by atoms with Crippen LogP contribution in [0.15, 0.2) is 23.2 Å². The summed E-state index contributed by atoms with van der Waals surface area (Å²) in [6.07, 6.45) is -0.242. The second-order valence-electron chi connectivity index (χ2n) is 3.45. The molecule has 2 rings (SSSR count). The Kier molecular flexibility index (Phi) is 3.91. The molecule has 96 valence electrons. The van der Waals surface area contributed by atoms with Crippen LogP contribution < -0.4 is 0 Å². The molecule has 2 aromatic heterocycles. The zero-order valence-electron chi connectivity index (χ0n) is 8.75. The number of hydrogen-bond acceptors (Lipinski definition) is 2. The van der Waals surface area contributed by atoms with E-state index < -0.39 is 12.2 Å². The monoisotopic (exact) mass is 339 g/mol. The van der Waals surface area contributed by atoms with E-state index in [4.69, 9.17) is 11.6 Å². The van der Waals surface area contributed by atoms with Gasteiger partial charge in [0.1, 0.15) is 11.5 Å². The maximum Gasteiger partial charge on any atom is 0.281 e. The van der Waals surface area contributed by atoms with Gasteiger partial charge in [-0.3, -0.25) is 4.98 Å². The maximum atomic E-state index is 13.5. The minimum absolute atomic E-state index is 0.0106. The fourth-order valence-electron chi connectivity index (χ4n) is 1.35. The summed E-state index contributed by atoms with van der Waals surface area (Å²) in [7, 11) is 0. The fraction of sp³-hybridized carbons (Fsp3) is 0.200. The number of imidazole rings is 1. The lowest BCUT2D eigenvalue weighted by Gasteiger charge is -2.04. The first-order chi connectivity index (χ1) is 8.47. The smallest absolute Gasteiger partial charge is 0.281 e. The van der Waals surface area contributed by atoms with Crippen molar-refractivity contribution in [2.45, 2.75) is 13.0 Å². The zero-order chi connectivity index (χ0) is 13.3. The van der Waals surface area contributed by atoms with Crippen molar-refractivity contribution in [1.29, 1.82) is 0 Å². The zero-order valence-corrected chi connectivity index (χ0v) is 11.1. The van der Waals surface area contributed by atoms with Crippen LogP contribution >= 0.6 is 27.5 Å². The van der Waals surface area contributed by atoms with Gasteiger partial charge in [0.05, 0.1) is 17.3 Å². The second-order valence-corrected chi connectivity index (χ2v) is 4.59. The van der Waals surface area contributed by atoms with Crippen LogP contribution in [0.4, 0.5) is 13.2 Å². The molecular weight excluding hydrogens is 334 g/mol. The number of pyridine rings is 1. The molecule has 0 saturated carbocycles. The molecule has 0 unspecified atom stereocenters. The van der Waals surface area contributed by atoms with E-state index in [1.165, 1.54) is 10.8 Å². The van der Waals surface area contributed by atoms with Crippen LogP contribution in [0.5, 0.6) is 0 Å². The van der Waals surface area contributed by atoms with Crippen molar-refractivity contribution in [3.63, 3.8) is 0 Å². The first kappa shape index (κ1) is 13.4. The largest absolute Gasteiger partial charge is 0.319 e. The number of aromatic nitrogens is 3. The highest BCUT2D eigenvalue weighted by atomic mass is 79.9. The van der Waals surface area contributed by atoms with Gasteiger partial charge < -0.3 is 4.57 Å². The Hall–Kier alpha value is -1.08. The van der Waals surface area contributed by atoms with Crippen molar-refractivity contribution < 1.29 is 13.2 Å². The van der Waals surface area contributed by atoms with Gasteiger partial charge in [-0.1, -0.05) is 11.6 Å². The molecule has 0 aliphatic carbocycles. The summed E-state index contributed by atoms with van der Waals surface area (Å²) in [4.78, 5) is 7.41. The summed E-state index contributed by atoms with van der Waals surface area (Å²) in [6.45, 7) is -0.0106. The van der Waals surface area contributed by atoms with Crippen LogP contribution in [0.2, 0.25) is 5.02 Å². The van der Waals surface area contributed by atoms with Crippen LogP contribution in [-0.2, 0) is 6.54 Å². The van der Waals surface area contributed by atoms with E-state index in [0.29, 0.717) is 0 Å². The first-order valence-electron chi connectivity index (χ1n) is 4.78. The van der Waals surface area contributed by atoms with Crippen LogP contribution in [0.1, 0.15) is 17.8 Å². The van der Waals surface area contributed by atoms with Crippen molar-refractivity contribution in [2.24, 2.45) is 0 Å². The van der Waals surface area contributed by atoms with Gasteiger partial charge in [0, 0.05) is 12.4 Å². The summed E-state index contributed by atoms with van der Waals surface area (Å²) in [6, 6.07) is 1.11. The third kappa shape index (κ3) is 2.84. The number of nitrogens with zero attached hydrogens (tertiary/aromatic N) is 3. The Morgan fingerprint density at radius 3 is 2.72 bits per heavy atom. The average Bonchev–Trinajstić information content (AvgIpc) is 2.64. The predicted octanol–water partition coefficient (Wildman–Crippen LogP) is 3.82. The van der Waals surface area contributed by atoms with Gasteiger partial charge >= 0.3 is 0 Å². The quantitative estimate of drug-likeness (QED) is 0.850. The van der Waals surface area contributed by atoms with Crippen molar-refractivity contribution in [1.82, 2.24) is 14.5 Å². The first-order valence-corrected chi connectivity index (χ1v) is 5.95. The topological polar surface area (TPSA) is 30.7 Å². The van der Waals surface area contributed by atoms with Crippen LogP contribution in [0, 0.1) is 5.82 Å². The minimum atomic E-state index is -2.68. The summed E-state index contributed by atoms with van der Waals surface area (Å²) >= 11 is 8.59. The number of alkyl halides is 2. The average molecular weight is 341 g/mol. The van der Waals surface area contributed by atoms with Gasteiger partial charge in [-0.05, 0) is 22.0 Å². The van der Waals surface area contributed by atoms with Gasteiger partial charge in [0.2, 0.25) is 0 Å². The molecule has 0 fully saturated rings. The van der Waals surface area contributed by atoms with E-state index in [9.17, 15) is 13.2 Å². The van der Waals surface area contributed by atoms with E-state index in [0.717, 1.165) is 12.3 Å². The summed E-state index contributed by atoms with van der Waals surface area (Å²) in [5.41, 5.74) is -0.283. The van der Waals surface area contributed by atoms with Gasteiger partial charge in [0.25, 0.3) is 6.43 Å². The number of halogens is 5. The molecule has 0 amide bonds. The molecule has 0 saturated heterocycles. The highest BCUT2D eigenvalue weighted by Crippen LogP contribution is 2.22. The Balaban J connectivity index is 2.28. The normalized spacial score (nSPS) is 11.2. The molecule has 0 N–H and O–H groups in total. The predicted molar refractivity (Wildman–Crippen MR) is 63.2 cm³/mol. The van der Waals surface area contributed by atoms with Crippen molar-refractivity contribution in [3.05, 3.63) is 45.4 Å². The molecule has 2 aromatic rings. The molecule has 0 spiro atoms. The van der Waals surface area contributed by atoms with E-state index in [2.05, 4.69) is 25.9 Å². The number of rotatable bonds is 3. The van der Waals surface area contributed by atoms with Crippen molar-refractivity contribution >= 4 is 27.5 Å². The van der Waals surface area contributed by atoms with E-state index in [1.54, 1.807) is 0 Å². The summed E-state index contributed by atoms with van der Waals surface area (Å²) < 4.78 is 39.9. The van der Waals surface area contributed by atoms with Crippen LogP contribution in [0.25, 0.3) is 0 Å². The van der Waals surface area contributed by atoms with Crippen LogP contribution in [0.3, 0.4) is 0 Å². The van der Waals surface area contributed by atoms with Gasteiger partial charge in [-0.25, -0.2) is 18.2 Å². The Labute approximate surface area is 114 Å². The summed E-state index contributed by atoms with van der Waals surface area (Å²) in [5.74, 6) is -0.596. The van der Waals surface area contributed by atoms with Crippen LogP contribution in [-0.4, -0.2) is 14.5 Å². The lowest BCUT2D eigenvalue weighted by Crippen LogP contribution is -2.03. The third-order valence-corrected chi connectivity index (χ3v) is 3.01. The molecular formula is C10H6BrClF3N3. The highest BCUT2D eigenvalue weighted by Gasteiger charge is 2.15. The van der Waals surface area contributed by atoms with Gasteiger partial charge in [0.15, 0.2) is 4.73 Å². The second kappa shape index (κ2) is 5.27. The Morgan fingerprint density at radius 1 is 1.44 bits per heavy atom. The highest BCUT2D eigenvalue weighted by molar-refractivity contribution is 9.10. The molecule has 0 radical (unpaired) electrons. The lowest BCUT2D eigenvalue weighted by atomic mass is 10.3. The molecule has 0 aromatic carbocycles. The molecule has 3 nitrogen and oxygen atoms in total. The molecule has 0 aliphatic rings. The van der Waals surface area contributed by atoms with Crippen molar-refractivity contribution in [3.8, 4) is 0 Å². The molecule has 0 atom stereocenters. The Morgan fingerprint density at radius 2 is 2.17 bits per heavy atom. The molecule has 8 heteroatoms. The molecule has 18 heavy (non-hydrogen) atoms. The SMILES string of the molecule is Fc1cc(Cl)cnc1Cn1cc(C(F)F)nc1Br. The summed E-state index contributed by atoms with van der Waals surface area (Å²) in [5, 5.41) is 0.175. The lowest BCUT2D eigenvalue weighted by molar-refractivity contribution is 0.146. The van der Waals surface area contributed by atoms with Gasteiger partial charge in [-0.2, -0.15) is 0 Å². The molecule has 0 aliphatic heterocycles. The molecule has 0 bridgehead atoms. The van der Waals surface area contributed by atoms with E-state index in [-0.39, 0.29) is 27.7 Å². The van der Waals surface area contributed by atoms with E-state index in [1.807, 2.05) is 0 Å². The van der Waals surface area contributed by atoms with Crippen molar-refractivity contribution in [2.75, 3.05) is 0 Å². The van der Waals surface area contributed by atoms with E-state index >= 15 is 0 Å².